The average molecular weight is 308 g/mol. The Kier molecular flexibility index (Phi) is 16.0. The molecule has 0 aromatic carbocycles. The summed E-state index contributed by atoms with van der Waals surface area (Å²) in [5.41, 5.74) is 0. The highest BCUT2D eigenvalue weighted by Gasteiger charge is 2.05. The van der Waals surface area contributed by atoms with Crippen LogP contribution in [0.5, 0.6) is 0 Å². The Balaban J connectivity index is 3.08. The third-order valence-electron chi connectivity index (χ3n) is 2.74. The molecule has 2 N–H and O–H groups in total. The molecular weight excluding hydrogens is 276 g/mol. The molecule has 0 aromatic heterocycles. The van der Waals surface area contributed by atoms with Crippen LogP contribution in [0.25, 0.3) is 0 Å². The van der Waals surface area contributed by atoms with Gasteiger partial charge in [-0.15, -0.1) is 0 Å². The van der Waals surface area contributed by atoms with Crippen LogP contribution in [-0.4, -0.2) is 75.8 Å². The molecule has 0 bridgehead atoms. The zero-order chi connectivity index (χ0) is 15.8. The summed E-state index contributed by atoms with van der Waals surface area (Å²) in [7, 11) is 0. The van der Waals surface area contributed by atoms with E-state index in [9.17, 15) is 5.11 Å². The van der Waals surface area contributed by atoms with Gasteiger partial charge in [-0.1, -0.05) is 13.8 Å². The minimum Gasteiger partial charge on any atom is -0.394 e. The Labute approximate surface area is 128 Å². The van der Waals surface area contributed by atoms with E-state index in [1.54, 1.807) is 0 Å². The van der Waals surface area contributed by atoms with Gasteiger partial charge in [-0.3, -0.25) is 0 Å². The lowest BCUT2D eigenvalue weighted by Crippen LogP contribution is -2.18. The molecule has 0 heterocycles. The van der Waals surface area contributed by atoms with Gasteiger partial charge in [-0.05, 0) is 18.8 Å². The van der Waals surface area contributed by atoms with E-state index in [1.807, 2.05) is 0 Å². The van der Waals surface area contributed by atoms with Gasteiger partial charge in [0.15, 0.2) is 0 Å². The van der Waals surface area contributed by atoms with Gasteiger partial charge in [-0.2, -0.15) is 0 Å². The topological polar surface area (TPSA) is 77.4 Å². The number of hydrogen-bond acceptors (Lipinski definition) is 6. The third-order valence-corrected chi connectivity index (χ3v) is 2.74. The minimum atomic E-state index is -0.380. The Morgan fingerprint density at radius 1 is 0.714 bits per heavy atom. The SMILES string of the molecule is CC(C)CCC(O)COCCOCCOCCOCCO. The van der Waals surface area contributed by atoms with Crippen molar-refractivity contribution in [2.45, 2.75) is 32.8 Å². The number of aliphatic hydroxyl groups is 2. The molecule has 0 spiro atoms. The fraction of sp³-hybridized carbons (Fsp3) is 1.00. The number of ether oxygens (including phenoxy) is 4. The van der Waals surface area contributed by atoms with E-state index in [1.165, 1.54) is 0 Å². The van der Waals surface area contributed by atoms with Crippen molar-refractivity contribution in [2.75, 3.05) is 59.5 Å². The van der Waals surface area contributed by atoms with Gasteiger partial charge in [0.2, 0.25) is 0 Å². The van der Waals surface area contributed by atoms with E-state index in [4.69, 9.17) is 24.1 Å². The molecule has 0 saturated heterocycles. The highest BCUT2D eigenvalue weighted by Crippen LogP contribution is 2.06. The Bertz CT molecular complexity index is 201. The van der Waals surface area contributed by atoms with Crippen LogP contribution in [0.4, 0.5) is 0 Å². The van der Waals surface area contributed by atoms with Crippen LogP contribution in [0.3, 0.4) is 0 Å². The molecule has 6 heteroatoms. The first kappa shape index (κ1) is 20.8. The van der Waals surface area contributed by atoms with Crippen LogP contribution in [0.15, 0.2) is 0 Å². The van der Waals surface area contributed by atoms with Crippen LogP contribution in [0.1, 0.15) is 26.7 Å². The molecule has 0 amide bonds. The van der Waals surface area contributed by atoms with Crippen LogP contribution >= 0.6 is 0 Å². The van der Waals surface area contributed by atoms with Crippen LogP contribution in [0.2, 0.25) is 0 Å². The molecular formula is C15H32O6. The van der Waals surface area contributed by atoms with E-state index in [0.717, 1.165) is 12.8 Å². The van der Waals surface area contributed by atoms with Crippen molar-refractivity contribution in [1.29, 1.82) is 0 Å². The largest absolute Gasteiger partial charge is 0.394 e. The molecule has 1 atom stereocenters. The van der Waals surface area contributed by atoms with Crippen molar-refractivity contribution in [3.8, 4) is 0 Å². The van der Waals surface area contributed by atoms with Gasteiger partial charge in [0.05, 0.1) is 65.6 Å². The molecule has 6 nitrogen and oxygen atoms in total. The Hall–Kier alpha value is -0.240. The summed E-state index contributed by atoms with van der Waals surface area (Å²) in [6, 6.07) is 0. The molecule has 1 unspecified atom stereocenters. The fourth-order valence-electron chi connectivity index (χ4n) is 1.55. The van der Waals surface area contributed by atoms with E-state index in [-0.39, 0.29) is 12.7 Å². The maximum atomic E-state index is 9.65. The smallest absolute Gasteiger partial charge is 0.0773 e. The highest BCUT2D eigenvalue weighted by molar-refractivity contribution is 4.56. The number of aliphatic hydroxyl groups excluding tert-OH is 2. The molecule has 21 heavy (non-hydrogen) atoms. The van der Waals surface area contributed by atoms with E-state index < -0.39 is 0 Å². The average Bonchev–Trinajstić information content (AvgIpc) is 2.46. The summed E-state index contributed by atoms with van der Waals surface area (Å²) >= 11 is 0. The van der Waals surface area contributed by atoms with Crippen molar-refractivity contribution >= 4 is 0 Å². The lowest BCUT2D eigenvalue weighted by Gasteiger charge is -2.12. The van der Waals surface area contributed by atoms with Crippen molar-refractivity contribution in [1.82, 2.24) is 0 Å². The molecule has 0 aliphatic heterocycles. The second-order valence-corrected chi connectivity index (χ2v) is 5.26. The molecule has 0 aliphatic rings. The predicted octanol–water partition coefficient (Wildman–Crippen LogP) is 0.842. The summed E-state index contributed by atoms with van der Waals surface area (Å²) in [6.07, 6.45) is 1.42. The second kappa shape index (κ2) is 16.1. The van der Waals surface area contributed by atoms with Gasteiger partial charge in [-0.25, -0.2) is 0 Å². The van der Waals surface area contributed by atoms with E-state index in [0.29, 0.717) is 58.8 Å². The Morgan fingerprint density at radius 2 is 1.19 bits per heavy atom. The monoisotopic (exact) mass is 308 g/mol. The molecule has 0 aliphatic carbocycles. The molecule has 0 radical (unpaired) electrons. The molecule has 128 valence electrons. The van der Waals surface area contributed by atoms with Gasteiger partial charge in [0, 0.05) is 0 Å². The lowest BCUT2D eigenvalue weighted by molar-refractivity contribution is -0.0200. The van der Waals surface area contributed by atoms with E-state index >= 15 is 0 Å². The lowest BCUT2D eigenvalue weighted by atomic mass is 10.1. The molecule has 0 fully saturated rings. The van der Waals surface area contributed by atoms with Crippen molar-refractivity contribution < 1.29 is 29.2 Å². The van der Waals surface area contributed by atoms with Crippen molar-refractivity contribution in [2.24, 2.45) is 5.92 Å². The number of rotatable bonds is 16. The predicted molar refractivity (Wildman–Crippen MR) is 80.4 cm³/mol. The highest BCUT2D eigenvalue weighted by atomic mass is 16.6. The van der Waals surface area contributed by atoms with Crippen LogP contribution in [-0.2, 0) is 18.9 Å². The second-order valence-electron chi connectivity index (χ2n) is 5.26. The fourth-order valence-corrected chi connectivity index (χ4v) is 1.55. The Morgan fingerprint density at radius 3 is 1.67 bits per heavy atom. The first-order chi connectivity index (χ1) is 10.2. The van der Waals surface area contributed by atoms with Crippen molar-refractivity contribution in [3.05, 3.63) is 0 Å². The van der Waals surface area contributed by atoms with Gasteiger partial charge in [0.25, 0.3) is 0 Å². The van der Waals surface area contributed by atoms with Gasteiger partial charge >= 0.3 is 0 Å². The first-order valence-corrected chi connectivity index (χ1v) is 7.76. The summed E-state index contributed by atoms with van der Waals surface area (Å²) in [5.74, 6) is 0.608. The quantitative estimate of drug-likeness (QED) is 0.412. The molecule has 0 saturated carbocycles. The number of hydrogen-bond donors (Lipinski definition) is 2. The summed E-state index contributed by atoms with van der Waals surface area (Å²) in [6.45, 7) is 8.03. The summed E-state index contributed by atoms with van der Waals surface area (Å²) < 4.78 is 21.0. The zero-order valence-electron chi connectivity index (χ0n) is 13.5. The third kappa shape index (κ3) is 17.7. The first-order valence-electron chi connectivity index (χ1n) is 7.76. The minimum absolute atomic E-state index is 0.0370. The molecule has 0 rings (SSSR count). The van der Waals surface area contributed by atoms with Gasteiger partial charge in [0.1, 0.15) is 0 Å². The maximum absolute atomic E-state index is 9.65. The van der Waals surface area contributed by atoms with Gasteiger partial charge < -0.3 is 29.2 Å². The van der Waals surface area contributed by atoms with Crippen LogP contribution < -0.4 is 0 Å². The zero-order valence-corrected chi connectivity index (χ0v) is 13.5. The van der Waals surface area contributed by atoms with E-state index in [2.05, 4.69) is 13.8 Å². The van der Waals surface area contributed by atoms with Crippen LogP contribution in [0, 0.1) is 5.92 Å². The normalized spacial score (nSPS) is 13.0. The molecule has 0 aromatic rings. The standard InChI is InChI=1S/C15H32O6/c1-14(2)3-4-15(17)13-21-12-11-20-10-9-19-8-7-18-6-5-16/h14-17H,3-13H2,1-2H3. The van der Waals surface area contributed by atoms with Crippen molar-refractivity contribution in [3.63, 3.8) is 0 Å². The summed E-state index contributed by atoms with van der Waals surface area (Å²) in [4.78, 5) is 0. The maximum Gasteiger partial charge on any atom is 0.0773 e. The summed E-state index contributed by atoms with van der Waals surface area (Å²) in [5, 5.41) is 18.1.